The average molecular weight is 513 g/mol. The molecule has 190 valence electrons. The summed E-state index contributed by atoms with van der Waals surface area (Å²) in [6.07, 6.45) is 6.04. The number of nitrogens with one attached hydrogen (secondary N) is 1. The van der Waals surface area contributed by atoms with Crippen LogP contribution in [0, 0.1) is 10.1 Å². The predicted octanol–water partition coefficient (Wildman–Crippen LogP) is 6.10. The second-order valence-electron chi connectivity index (χ2n) is 8.47. The van der Waals surface area contributed by atoms with Gasteiger partial charge in [-0.15, -0.1) is 0 Å². The molecule has 1 fully saturated rings. The van der Waals surface area contributed by atoms with E-state index in [0.717, 1.165) is 23.8 Å². The summed E-state index contributed by atoms with van der Waals surface area (Å²) in [5.74, 6) is -0.445. The highest BCUT2D eigenvalue weighted by Crippen LogP contribution is 2.35. The first-order valence-electron chi connectivity index (χ1n) is 12.0. The normalized spacial score (nSPS) is 13.9. The molecule has 3 aromatic rings. The smallest absolute Gasteiger partial charge is 0.375 e. The van der Waals surface area contributed by atoms with Crippen LogP contribution in [0.1, 0.15) is 55.1 Å². The van der Waals surface area contributed by atoms with Gasteiger partial charge in [0.15, 0.2) is 6.61 Å². The summed E-state index contributed by atoms with van der Waals surface area (Å²) in [5, 5.41) is 15.2. The Balaban J connectivity index is 1.43. The maximum Gasteiger partial charge on any atom is 0.375 e. The van der Waals surface area contributed by atoms with Crippen molar-refractivity contribution in [2.45, 2.75) is 50.0 Å². The number of furan rings is 1. The lowest BCUT2D eigenvalue weighted by Crippen LogP contribution is -2.21. The molecule has 36 heavy (non-hydrogen) atoms. The summed E-state index contributed by atoms with van der Waals surface area (Å²) in [7, 11) is 0. The van der Waals surface area contributed by atoms with E-state index in [1.807, 2.05) is 30.0 Å². The molecule has 0 bridgehead atoms. The molecule has 0 aliphatic heterocycles. The molecule has 0 radical (unpaired) electrons. The molecule has 9 nitrogen and oxygen atoms in total. The number of hydrogen-bond donors (Lipinski definition) is 1. The third-order valence-corrected chi connectivity index (χ3v) is 7.38. The van der Waals surface area contributed by atoms with Crippen LogP contribution in [0.15, 0.2) is 46.9 Å². The summed E-state index contributed by atoms with van der Waals surface area (Å²) in [6, 6.07) is 11.5. The first kappa shape index (κ1) is 25.6. The number of benzene rings is 2. The van der Waals surface area contributed by atoms with Crippen molar-refractivity contribution in [2.24, 2.45) is 0 Å². The number of esters is 1. The van der Waals surface area contributed by atoms with Gasteiger partial charge in [0, 0.05) is 22.0 Å². The Labute approximate surface area is 212 Å². The van der Waals surface area contributed by atoms with Gasteiger partial charge in [0.25, 0.3) is 11.6 Å². The zero-order chi connectivity index (χ0) is 25.5. The fraction of sp³-hybridized carbons (Fsp3) is 0.385. The molecule has 1 aliphatic carbocycles. The van der Waals surface area contributed by atoms with Gasteiger partial charge in [-0.2, -0.15) is 11.8 Å². The van der Waals surface area contributed by atoms with E-state index < -0.39 is 23.4 Å². The van der Waals surface area contributed by atoms with Crippen LogP contribution in [0.4, 0.5) is 11.4 Å². The molecule has 0 saturated heterocycles. The van der Waals surface area contributed by atoms with E-state index in [0.29, 0.717) is 28.9 Å². The SMILES string of the molecule is CCOc1ccc(NC(=O)COC(=O)c2oc3ccccc3c2CSC2CCCCC2)c([N+](=O)[O-])c1. The van der Waals surface area contributed by atoms with Crippen LogP contribution in [0.25, 0.3) is 11.0 Å². The van der Waals surface area contributed by atoms with Crippen molar-refractivity contribution in [3.05, 3.63) is 63.9 Å². The first-order valence-corrected chi connectivity index (χ1v) is 13.0. The number of nitro benzene ring substituents is 1. The minimum absolute atomic E-state index is 0.0159. The number of ether oxygens (including phenoxy) is 2. The Morgan fingerprint density at radius 1 is 1.17 bits per heavy atom. The average Bonchev–Trinajstić information content (AvgIpc) is 3.26. The number of para-hydroxylation sites is 1. The van der Waals surface area contributed by atoms with Crippen LogP contribution in [-0.4, -0.2) is 35.3 Å². The molecule has 10 heteroatoms. The number of carbonyl (C=O) groups excluding carboxylic acids is 2. The standard InChI is InChI=1S/C26H28N2O7S/c1-2-33-17-12-13-21(22(14-17)28(31)32)27-24(29)15-34-26(30)25-20(16-36-18-8-4-3-5-9-18)19-10-6-7-11-23(19)35-25/h6-7,10-14,18H,2-5,8-9,15-16H2,1H3,(H,27,29). The predicted molar refractivity (Wildman–Crippen MR) is 138 cm³/mol. The number of amides is 1. The van der Waals surface area contributed by atoms with Crippen molar-refractivity contribution in [3.8, 4) is 5.75 Å². The number of nitro groups is 1. The molecule has 0 atom stereocenters. The lowest BCUT2D eigenvalue weighted by molar-refractivity contribution is -0.384. The molecule has 0 unspecified atom stereocenters. The van der Waals surface area contributed by atoms with Crippen LogP contribution in [-0.2, 0) is 15.3 Å². The Morgan fingerprint density at radius 3 is 2.69 bits per heavy atom. The monoisotopic (exact) mass is 512 g/mol. The minimum Gasteiger partial charge on any atom is -0.494 e. The fourth-order valence-corrected chi connectivity index (χ4v) is 5.60. The Kier molecular flexibility index (Phi) is 8.48. The molecule has 1 N–H and O–H groups in total. The molecular formula is C26H28N2O7S. The van der Waals surface area contributed by atoms with Crippen LogP contribution >= 0.6 is 11.8 Å². The third-order valence-electron chi connectivity index (χ3n) is 5.98. The number of fused-ring (bicyclic) bond motifs is 1. The van der Waals surface area contributed by atoms with E-state index in [-0.39, 0.29) is 17.1 Å². The maximum absolute atomic E-state index is 12.9. The second-order valence-corrected chi connectivity index (χ2v) is 9.76. The zero-order valence-electron chi connectivity index (χ0n) is 20.0. The summed E-state index contributed by atoms with van der Waals surface area (Å²) < 4.78 is 16.3. The van der Waals surface area contributed by atoms with Gasteiger partial charge in [0.1, 0.15) is 17.0 Å². The van der Waals surface area contributed by atoms with Gasteiger partial charge in [-0.3, -0.25) is 14.9 Å². The lowest BCUT2D eigenvalue weighted by Gasteiger charge is -2.20. The number of carbonyl (C=O) groups is 2. The summed E-state index contributed by atoms with van der Waals surface area (Å²) in [4.78, 5) is 36.1. The van der Waals surface area contributed by atoms with Crippen molar-refractivity contribution in [1.82, 2.24) is 0 Å². The van der Waals surface area contributed by atoms with Gasteiger partial charge in [-0.1, -0.05) is 37.5 Å². The fourth-order valence-electron chi connectivity index (χ4n) is 4.25. The highest BCUT2D eigenvalue weighted by molar-refractivity contribution is 7.99. The molecule has 4 rings (SSSR count). The third kappa shape index (κ3) is 6.17. The number of thioether (sulfide) groups is 1. The van der Waals surface area contributed by atoms with Crippen molar-refractivity contribution >= 4 is 46.0 Å². The molecule has 0 spiro atoms. The molecular weight excluding hydrogens is 484 g/mol. The van der Waals surface area contributed by atoms with Crippen molar-refractivity contribution in [1.29, 1.82) is 0 Å². The van der Waals surface area contributed by atoms with Crippen LogP contribution in [0.2, 0.25) is 0 Å². The Hall–Kier alpha value is -3.53. The Bertz CT molecular complexity index is 1250. The molecule has 1 saturated carbocycles. The van der Waals surface area contributed by atoms with E-state index in [4.69, 9.17) is 13.9 Å². The largest absolute Gasteiger partial charge is 0.494 e. The van der Waals surface area contributed by atoms with E-state index in [2.05, 4.69) is 5.32 Å². The minimum atomic E-state index is -0.748. The quantitative estimate of drug-likeness (QED) is 0.196. The molecule has 1 amide bonds. The van der Waals surface area contributed by atoms with Gasteiger partial charge in [0.05, 0.1) is 17.6 Å². The van der Waals surface area contributed by atoms with Crippen molar-refractivity contribution in [2.75, 3.05) is 18.5 Å². The maximum atomic E-state index is 12.9. The van der Waals surface area contributed by atoms with Crippen LogP contribution < -0.4 is 10.1 Å². The van der Waals surface area contributed by atoms with Crippen LogP contribution in [0.5, 0.6) is 5.75 Å². The van der Waals surface area contributed by atoms with Crippen molar-refractivity contribution < 1.29 is 28.4 Å². The molecule has 1 aromatic heterocycles. The first-order chi connectivity index (χ1) is 17.5. The summed E-state index contributed by atoms with van der Waals surface area (Å²) >= 11 is 1.82. The van der Waals surface area contributed by atoms with Crippen molar-refractivity contribution in [3.63, 3.8) is 0 Å². The number of anilines is 1. The molecule has 1 heterocycles. The molecule has 1 aliphatic rings. The van der Waals surface area contributed by atoms with Gasteiger partial charge in [0.2, 0.25) is 5.76 Å². The van der Waals surface area contributed by atoms with Crippen LogP contribution in [0.3, 0.4) is 0 Å². The van der Waals surface area contributed by atoms with E-state index in [1.165, 1.54) is 37.5 Å². The van der Waals surface area contributed by atoms with E-state index in [9.17, 15) is 19.7 Å². The summed E-state index contributed by atoms with van der Waals surface area (Å²) in [5.41, 5.74) is 1.00. The van der Waals surface area contributed by atoms with Gasteiger partial charge in [-0.05, 0) is 38.0 Å². The van der Waals surface area contributed by atoms with Gasteiger partial charge < -0.3 is 19.2 Å². The number of nitrogens with zero attached hydrogens (tertiary/aromatic N) is 1. The van der Waals surface area contributed by atoms with Gasteiger partial charge in [-0.25, -0.2) is 4.79 Å². The highest BCUT2D eigenvalue weighted by atomic mass is 32.2. The lowest BCUT2D eigenvalue weighted by atomic mass is 10.0. The van der Waals surface area contributed by atoms with E-state index >= 15 is 0 Å². The topological polar surface area (TPSA) is 121 Å². The highest BCUT2D eigenvalue weighted by Gasteiger charge is 2.25. The number of hydrogen-bond acceptors (Lipinski definition) is 8. The summed E-state index contributed by atoms with van der Waals surface area (Å²) in [6.45, 7) is 1.50. The number of rotatable bonds is 10. The second kappa shape index (κ2) is 11.9. The molecule has 2 aromatic carbocycles. The Morgan fingerprint density at radius 2 is 1.94 bits per heavy atom. The zero-order valence-corrected chi connectivity index (χ0v) is 20.8. The van der Waals surface area contributed by atoms with Gasteiger partial charge >= 0.3 is 5.97 Å². The van der Waals surface area contributed by atoms with E-state index in [1.54, 1.807) is 13.0 Å².